The summed E-state index contributed by atoms with van der Waals surface area (Å²) in [4.78, 5) is 7.28. The predicted molar refractivity (Wildman–Crippen MR) is 90.7 cm³/mol. The van der Waals surface area contributed by atoms with E-state index in [2.05, 4.69) is 14.7 Å². The number of rotatable bonds is 4. The zero-order valence-corrected chi connectivity index (χ0v) is 14.0. The largest absolute Gasteiger partial charge is 0.348 e. The maximum atomic E-state index is 13.2. The van der Waals surface area contributed by atoms with Crippen molar-refractivity contribution in [3.05, 3.63) is 65.9 Å². The van der Waals surface area contributed by atoms with E-state index in [0.717, 1.165) is 23.0 Å². The fourth-order valence-corrected chi connectivity index (χ4v) is 3.76. The first-order chi connectivity index (χ1) is 11.4. The molecule has 2 aromatic carbocycles. The number of aromatic amines is 1. The van der Waals surface area contributed by atoms with E-state index in [0.29, 0.717) is 11.3 Å². The number of imidazole rings is 1. The van der Waals surface area contributed by atoms with Crippen LogP contribution in [-0.4, -0.2) is 18.4 Å². The quantitative estimate of drug-likeness (QED) is 0.758. The van der Waals surface area contributed by atoms with Gasteiger partial charge in [-0.15, -0.1) is 0 Å². The molecule has 0 unspecified atom stereocenters. The fourth-order valence-electron chi connectivity index (χ4n) is 2.47. The van der Waals surface area contributed by atoms with E-state index >= 15 is 0 Å². The van der Waals surface area contributed by atoms with Gasteiger partial charge in [0, 0.05) is 16.9 Å². The van der Waals surface area contributed by atoms with Crippen molar-refractivity contribution >= 4 is 15.7 Å². The van der Waals surface area contributed by atoms with Gasteiger partial charge in [0.25, 0.3) is 10.0 Å². The van der Waals surface area contributed by atoms with Gasteiger partial charge in [-0.1, -0.05) is 12.1 Å². The van der Waals surface area contributed by atoms with Crippen LogP contribution < -0.4 is 4.72 Å². The number of hydrogen-bond acceptors (Lipinski definition) is 3. The number of hydrogen-bond donors (Lipinski definition) is 2. The number of nitrogens with zero attached hydrogens (tertiary/aromatic N) is 1. The Labute approximate surface area is 139 Å². The summed E-state index contributed by atoms with van der Waals surface area (Å²) in [5.41, 5.74) is 3.42. The van der Waals surface area contributed by atoms with Gasteiger partial charge < -0.3 is 4.98 Å². The molecule has 0 amide bonds. The molecule has 0 radical (unpaired) electrons. The smallest absolute Gasteiger partial charge is 0.262 e. The number of aryl methyl sites for hydroxylation is 2. The zero-order chi connectivity index (χ0) is 17.3. The third-order valence-corrected chi connectivity index (χ3v) is 5.21. The van der Waals surface area contributed by atoms with Gasteiger partial charge in [0.2, 0.25) is 0 Å². The standard InChI is InChI=1S/C17H16FN3O2S/c1-11-9-14(18)5-8-16(11)24(22,23)21-15-6-3-13(4-7-15)17-12(2)19-10-20-17/h3-10,21H,1-2H3,(H,19,20). The number of halogens is 1. The number of nitrogens with one attached hydrogen (secondary N) is 2. The minimum absolute atomic E-state index is 0.0520. The molecule has 0 aliphatic rings. The minimum Gasteiger partial charge on any atom is -0.348 e. The fraction of sp³-hybridized carbons (Fsp3) is 0.118. The number of anilines is 1. The maximum absolute atomic E-state index is 13.2. The first-order valence-corrected chi connectivity index (χ1v) is 8.74. The second-order valence-electron chi connectivity index (χ2n) is 5.47. The second kappa shape index (κ2) is 6.09. The van der Waals surface area contributed by atoms with Crippen LogP contribution in [0.5, 0.6) is 0 Å². The van der Waals surface area contributed by atoms with Crippen LogP contribution in [-0.2, 0) is 10.0 Å². The highest BCUT2D eigenvalue weighted by molar-refractivity contribution is 7.92. The van der Waals surface area contributed by atoms with Crippen molar-refractivity contribution in [2.75, 3.05) is 4.72 Å². The van der Waals surface area contributed by atoms with Crippen LogP contribution >= 0.6 is 0 Å². The highest BCUT2D eigenvalue weighted by atomic mass is 32.2. The molecular weight excluding hydrogens is 329 g/mol. The molecular formula is C17H16FN3O2S. The number of benzene rings is 2. The van der Waals surface area contributed by atoms with Crippen LogP contribution in [0.1, 0.15) is 11.3 Å². The summed E-state index contributed by atoms with van der Waals surface area (Å²) in [5, 5.41) is 0. The molecule has 0 saturated carbocycles. The summed E-state index contributed by atoms with van der Waals surface area (Å²) in [5.74, 6) is -0.467. The lowest BCUT2D eigenvalue weighted by atomic mass is 10.1. The van der Waals surface area contributed by atoms with Crippen LogP contribution in [0.25, 0.3) is 11.3 Å². The third kappa shape index (κ3) is 3.16. The average molecular weight is 345 g/mol. The van der Waals surface area contributed by atoms with Crippen LogP contribution in [0, 0.1) is 19.7 Å². The normalized spacial score (nSPS) is 11.5. The summed E-state index contributed by atoms with van der Waals surface area (Å²) in [6.45, 7) is 3.47. The lowest BCUT2D eigenvalue weighted by molar-refractivity contribution is 0.598. The van der Waals surface area contributed by atoms with Crippen molar-refractivity contribution in [2.45, 2.75) is 18.7 Å². The first-order valence-electron chi connectivity index (χ1n) is 7.26. The Balaban J connectivity index is 1.86. The van der Waals surface area contributed by atoms with Crippen LogP contribution in [0.4, 0.5) is 10.1 Å². The Bertz CT molecular complexity index is 979. The number of aromatic nitrogens is 2. The topological polar surface area (TPSA) is 74.8 Å². The molecule has 3 rings (SSSR count). The van der Waals surface area contributed by atoms with Crippen LogP contribution in [0.15, 0.2) is 53.7 Å². The number of sulfonamides is 1. The molecule has 3 aromatic rings. The van der Waals surface area contributed by atoms with Crippen molar-refractivity contribution in [1.82, 2.24) is 9.97 Å². The molecule has 0 fully saturated rings. The van der Waals surface area contributed by atoms with E-state index in [-0.39, 0.29) is 4.90 Å². The lowest BCUT2D eigenvalue weighted by Gasteiger charge is -2.11. The van der Waals surface area contributed by atoms with Crippen LogP contribution in [0.2, 0.25) is 0 Å². The summed E-state index contributed by atoms with van der Waals surface area (Å²) >= 11 is 0. The van der Waals surface area contributed by atoms with Gasteiger partial charge in [-0.3, -0.25) is 4.72 Å². The van der Waals surface area contributed by atoms with Crippen molar-refractivity contribution in [1.29, 1.82) is 0 Å². The third-order valence-electron chi connectivity index (χ3n) is 3.67. The van der Waals surface area contributed by atoms with Gasteiger partial charge >= 0.3 is 0 Å². The second-order valence-corrected chi connectivity index (χ2v) is 7.12. The van der Waals surface area contributed by atoms with E-state index in [1.165, 1.54) is 12.1 Å². The highest BCUT2D eigenvalue weighted by Gasteiger charge is 2.17. The molecule has 7 heteroatoms. The Hall–Kier alpha value is -2.67. The van der Waals surface area contributed by atoms with Gasteiger partial charge in [-0.2, -0.15) is 0 Å². The van der Waals surface area contributed by atoms with E-state index in [9.17, 15) is 12.8 Å². The number of H-pyrrole nitrogens is 1. The van der Waals surface area contributed by atoms with Crippen molar-refractivity contribution in [3.8, 4) is 11.3 Å². The van der Waals surface area contributed by atoms with Crippen molar-refractivity contribution in [2.24, 2.45) is 0 Å². The van der Waals surface area contributed by atoms with Crippen molar-refractivity contribution in [3.63, 3.8) is 0 Å². The van der Waals surface area contributed by atoms with Crippen LogP contribution in [0.3, 0.4) is 0 Å². The van der Waals surface area contributed by atoms with Gasteiger partial charge in [-0.25, -0.2) is 17.8 Å². The Kier molecular flexibility index (Phi) is 4.11. The van der Waals surface area contributed by atoms with Crippen molar-refractivity contribution < 1.29 is 12.8 Å². The Morgan fingerprint density at radius 1 is 1.08 bits per heavy atom. The van der Waals surface area contributed by atoms with E-state index < -0.39 is 15.8 Å². The predicted octanol–water partition coefficient (Wildman–Crippen LogP) is 3.63. The molecule has 0 atom stereocenters. The maximum Gasteiger partial charge on any atom is 0.262 e. The molecule has 24 heavy (non-hydrogen) atoms. The van der Waals surface area contributed by atoms with Gasteiger partial charge in [-0.05, 0) is 49.7 Å². The van der Waals surface area contributed by atoms with Gasteiger partial charge in [0.1, 0.15) is 5.82 Å². The average Bonchev–Trinajstić information content (AvgIpc) is 2.93. The van der Waals surface area contributed by atoms with E-state index in [1.807, 2.05) is 6.92 Å². The molecule has 0 spiro atoms. The molecule has 1 aromatic heterocycles. The molecule has 0 saturated heterocycles. The molecule has 1 heterocycles. The first kappa shape index (κ1) is 16.2. The van der Waals surface area contributed by atoms with Gasteiger partial charge in [0.05, 0.1) is 16.9 Å². The molecule has 5 nitrogen and oxygen atoms in total. The SMILES string of the molecule is Cc1cc(F)ccc1S(=O)(=O)Nc1ccc(-c2nc[nH]c2C)cc1. The zero-order valence-electron chi connectivity index (χ0n) is 13.2. The molecule has 2 N–H and O–H groups in total. The molecule has 124 valence electrons. The molecule has 0 aliphatic heterocycles. The molecule has 0 aliphatic carbocycles. The summed E-state index contributed by atoms with van der Waals surface area (Å²) in [7, 11) is -3.77. The Morgan fingerprint density at radius 3 is 2.38 bits per heavy atom. The minimum atomic E-state index is -3.77. The van der Waals surface area contributed by atoms with E-state index in [1.54, 1.807) is 37.5 Å². The lowest BCUT2D eigenvalue weighted by Crippen LogP contribution is -2.14. The highest BCUT2D eigenvalue weighted by Crippen LogP contribution is 2.24. The monoisotopic (exact) mass is 345 g/mol. The van der Waals surface area contributed by atoms with Gasteiger partial charge in [0.15, 0.2) is 0 Å². The summed E-state index contributed by atoms with van der Waals surface area (Å²) in [6, 6.07) is 10.5. The Morgan fingerprint density at radius 2 is 1.79 bits per heavy atom. The van der Waals surface area contributed by atoms with E-state index in [4.69, 9.17) is 0 Å². The summed E-state index contributed by atoms with van der Waals surface area (Å²) < 4.78 is 40.6. The summed E-state index contributed by atoms with van der Waals surface area (Å²) in [6.07, 6.45) is 1.61. The molecule has 0 bridgehead atoms.